The summed E-state index contributed by atoms with van der Waals surface area (Å²) in [6, 6.07) is 0.827. The van der Waals surface area contributed by atoms with Crippen molar-refractivity contribution in [3.8, 4) is 0 Å². The molecule has 2 rings (SSSR count). The molecule has 0 aliphatic carbocycles. The maximum absolute atomic E-state index is 13.9. The van der Waals surface area contributed by atoms with Crippen LogP contribution in [0.15, 0.2) is 12.1 Å². The van der Waals surface area contributed by atoms with E-state index in [1.807, 2.05) is 13.8 Å². The number of rotatable bonds is 4. The predicted molar refractivity (Wildman–Crippen MR) is 66.3 cm³/mol. The van der Waals surface area contributed by atoms with E-state index in [2.05, 4.69) is 5.32 Å². The van der Waals surface area contributed by atoms with Crippen LogP contribution in [0.2, 0.25) is 0 Å². The van der Waals surface area contributed by atoms with Crippen LogP contribution < -0.4 is 5.32 Å². The van der Waals surface area contributed by atoms with E-state index in [1.165, 1.54) is 0 Å². The molecule has 3 atom stereocenters. The number of likely N-dealkylation sites (N-methyl/N-ethyl adjacent to an activating group) is 1. The molecule has 0 amide bonds. The van der Waals surface area contributed by atoms with Crippen LogP contribution in [0.4, 0.5) is 13.2 Å². The molecule has 0 saturated carbocycles. The van der Waals surface area contributed by atoms with E-state index in [0.717, 1.165) is 6.42 Å². The van der Waals surface area contributed by atoms with Crippen molar-refractivity contribution in [1.82, 2.24) is 5.32 Å². The lowest BCUT2D eigenvalue weighted by Crippen LogP contribution is -2.36. The van der Waals surface area contributed by atoms with Crippen LogP contribution in [0.3, 0.4) is 0 Å². The summed E-state index contributed by atoms with van der Waals surface area (Å²) in [6.07, 6.45) is 0.561. The Morgan fingerprint density at radius 2 is 1.95 bits per heavy atom. The molecule has 1 aromatic rings. The summed E-state index contributed by atoms with van der Waals surface area (Å²) in [5.74, 6) is -2.44. The fourth-order valence-corrected chi connectivity index (χ4v) is 2.60. The Balaban J connectivity index is 2.38. The van der Waals surface area contributed by atoms with Gasteiger partial charge in [-0.05, 0) is 18.9 Å². The molecule has 1 saturated heterocycles. The fourth-order valence-electron chi connectivity index (χ4n) is 2.60. The van der Waals surface area contributed by atoms with Crippen LogP contribution in [0.5, 0.6) is 0 Å². The Morgan fingerprint density at radius 1 is 1.32 bits per heavy atom. The first kappa shape index (κ1) is 14.3. The van der Waals surface area contributed by atoms with Crippen molar-refractivity contribution in [1.29, 1.82) is 0 Å². The maximum atomic E-state index is 13.9. The fraction of sp³-hybridized carbons (Fsp3) is 0.571. The molecule has 0 bridgehead atoms. The minimum absolute atomic E-state index is 0.137. The topological polar surface area (TPSA) is 21.3 Å². The first-order chi connectivity index (χ1) is 9.04. The van der Waals surface area contributed by atoms with Crippen molar-refractivity contribution in [3.05, 3.63) is 35.1 Å². The van der Waals surface area contributed by atoms with Gasteiger partial charge in [0.2, 0.25) is 0 Å². The van der Waals surface area contributed by atoms with Gasteiger partial charge in [-0.1, -0.05) is 13.8 Å². The SMILES string of the molecule is CCNC(c1c(F)cc(F)cc1F)C1OCCC1C. The van der Waals surface area contributed by atoms with Crippen LogP contribution in [0.1, 0.15) is 31.9 Å². The number of ether oxygens (including phenoxy) is 1. The standard InChI is InChI=1S/C14H18F3NO/c1-3-18-13(14-8(2)4-5-19-14)12-10(16)6-9(15)7-11(12)17/h6-8,13-14,18H,3-5H2,1-2H3. The van der Waals surface area contributed by atoms with Gasteiger partial charge in [-0.2, -0.15) is 0 Å². The van der Waals surface area contributed by atoms with Crippen molar-refractivity contribution in [3.63, 3.8) is 0 Å². The van der Waals surface area contributed by atoms with E-state index >= 15 is 0 Å². The highest BCUT2D eigenvalue weighted by Gasteiger charge is 2.35. The van der Waals surface area contributed by atoms with Gasteiger partial charge >= 0.3 is 0 Å². The van der Waals surface area contributed by atoms with Gasteiger partial charge in [0.15, 0.2) is 0 Å². The van der Waals surface area contributed by atoms with E-state index in [4.69, 9.17) is 4.74 Å². The third-order valence-corrected chi connectivity index (χ3v) is 3.55. The number of hydrogen-bond donors (Lipinski definition) is 1. The molecule has 2 nitrogen and oxygen atoms in total. The van der Waals surface area contributed by atoms with Gasteiger partial charge in [0, 0.05) is 24.3 Å². The highest BCUT2D eigenvalue weighted by Crippen LogP contribution is 2.34. The zero-order valence-corrected chi connectivity index (χ0v) is 11.1. The largest absolute Gasteiger partial charge is 0.376 e. The van der Waals surface area contributed by atoms with Crippen molar-refractivity contribution >= 4 is 0 Å². The molecule has 1 fully saturated rings. The van der Waals surface area contributed by atoms with Crippen molar-refractivity contribution in [2.45, 2.75) is 32.4 Å². The molecule has 1 aliphatic rings. The van der Waals surface area contributed by atoms with Crippen molar-refractivity contribution < 1.29 is 17.9 Å². The van der Waals surface area contributed by atoms with Gasteiger partial charge in [0.05, 0.1) is 12.1 Å². The molecule has 5 heteroatoms. The smallest absolute Gasteiger partial charge is 0.133 e. The Kier molecular flexibility index (Phi) is 4.47. The number of hydrogen-bond acceptors (Lipinski definition) is 2. The van der Waals surface area contributed by atoms with Gasteiger partial charge in [-0.15, -0.1) is 0 Å². The summed E-state index contributed by atoms with van der Waals surface area (Å²) in [5.41, 5.74) is -0.137. The van der Waals surface area contributed by atoms with E-state index in [-0.39, 0.29) is 17.6 Å². The minimum Gasteiger partial charge on any atom is -0.376 e. The molecule has 0 aromatic heterocycles. The maximum Gasteiger partial charge on any atom is 0.133 e. The molecule has 106 valence electrons. The first-order valence-corrected chi connectivity index (χ1v) is 6.54. The molecule has 19 heavy (non-hydrogen) atoms. The first-order valence-electron chi connectivity index (χ1n) is 6.54. The summed E-state index contributed by atoms with van der Waals surface area (Å²) < 4.78 is 46.3. The molecule has 3 unspecified atom stereocenters. The van der Waals surface area contributed by atoms with E-state index in [9.17, 15) is 13.2 Å². The zero-order valence-electron chi connectivity index (χ0n) is 11.1. The summed E-state index contributed by atoms with van der Waals surface area (Å²) in [7, 11) is 0. The van der Waals surface area contributed by atoms with Crippen LogP contribution in [-0.4, -0.2) is 19.3 Å². The predicted octanol–water partition coefficient (Wildman–Crippen LogP) is 3.18. The van der Waals surface area contributed by atoms with Gasteiger partial charge in [-0.25, -0.2) is 13.2 Å². The van der Waals surface area contributed by atoms with Gasteiger partial charge in [0.25, 0.3) is 0 Å². The second-order valence-corrected chi connectivity index (χ2v) is 4.92. The monoisotopic (exact) mass is 273 g/mol. The Morgan fingerprint density at radius 3 is 2.42 bits per heavy atom. The van der Waals surface area contributed by atoms with Crippen LogP contribution in [-0.2, 0) is 4.74 Å². The molecular weight excluding hydrogens is 255 g/mol. The molecule has 1 heterocycles. The lowest BCUT2D eigenvalue weighted by atomic mass is 9.91. The van der Waals surface area contributed by atoms with E-state index < -0.39 is 23.5 Å². The lowest BCUT2D eigenvalue weighted by Gasteiger charge is -2.27. The lowest BCUT2D eigenvalue weighted by molar-refractivity contribution is 0.0588. The summed E-state index contributed by atoms with van der Waals surface area (Å²) in [4.78, 5) is 0. The number of nitrogens with one attached hydrogen (secondary N) is 1. The highest BCUT2D eigenvalue weighted by molar-refractivity contribution is 5.26. The Bertz CT molecular complexity index is 429. The average molecular weight is 273 g/mol. The van der Waals surface area contributed by atoms with Crippen molar-refractivity contribution in [2.75, 3.05) is 13.2 Å². The zero-order chi connectivity index (χ0) is 14.0. The second-order valence-electron chi connectivity index (χ2n) is 4.92. The molecule has 1 N–H and O–H groups in total. The molecule has 1 aromatic carbocycles. The van der Waals surface area contributed by atoms with Gasteiger partial charge in [0.1, 0.15) is 17.5 Å². The van der Waals surface area contributed by atoms with Gasteiger partial charge in [-0.3, -0.25) is 0 Å². The van der Waals surface area contributed by atoms with E-state index in [1.54, 1.807) is 0 Å². The Labute approximate surface area is 111 Å². The molecule has 0 spiro atoms. The Hall–Kier alpha value is -1.07. The summed E-state index contributed by atoms with van der Waals surface area (Å²) in [6.45, 7) is 4.97. The molecular formula is C14H18F3NO. The summed E-state index contributed by atoms with van der Waals surface area (Å²) in [5, 5.41) is 3.04. The van der Waals surface area contributed by atoms with Gasteiger partial charge < -0.3 is 10.1 Å². The summed E-state index contributed by atoms with van der Waals surface area (Å²) >= 11 is 0. The van der Waals surface area contributed by atoms with E-state index in [0.29, 0.717) is 25.3 Å². The molecule has 0 radical (unpaired) electrons. The number of benzene rings is 1. The second kappa shape index (κ2) is 5.92. The quantitative estimate of drug-likeness (QED) is 0.909. The minimum atomic E-state index is -0.908. The van der Waals surface area contributed by atoms with Crippen LogP contribution >= 0.6 is 0 Å². The molecule has 1 aliphatic heterocycles. The third kappa shape index (κ3) is 2.92. The third-order valence-electron chi connectivity index (χ3n) is 3.55. The van der Waals surface area contributed by atoms with Crippen LogP contribution in [0.25, 0.3) is 0 Å². The average Bonchev–Trinajstić information content (AvgIpc) is 2.73. The van der Waals surface area contributed by atoms with Crippen LogP contribution in [0, 0.1) is 23.4 Å². The highest BCUT2D eigenvalue weighted by atomic mass is 19.1. The normalized spacial score (nSPS) is 24.7. The van der Waals surface area contributed by atoms with Crippen molar-refractivity contribution in [2.24, 2.45) is 5.92 Å². The number of halogens is 3.